The monoisotopic (exact) mass is 257 g/mol. The average Bonchev–Trinajstić information content (AvgIpc) is 2.31. The Morgan fingerprint density at radius 3 is 2.56 bits per heavy atom. The Balaban J connectivity index is 2.11. The summed E-state index contributed by atoms with van der Waals surface area (Å²) in [6.07, 6.45) is 3.45. The molecule has 0 radical (unpaired) electrons. The lowest BCUT2D eigenvalue weighted by atomic mass is 9.96. The predicted molar refractivity (Wildman–Crippen MR) is 76.9 cm³/mol. The molecule has 2 N–H and O–H groups in total. The Labute approximate surface area is 112 Å². The van der Waals surface area contributed by atoms with Gasteiger partial charge in [-0.15, -0.1) is 0 Å². The lowest BCUT2D eigenvalue weighted by molar-refractivity contribution is 0.0843. The molecule has 1 saturated heterocycles. The number of likely N-dealkylation sites (tertiary alicyclic amines) is 1. The molecule has 1 heterocycles. The molecule has 18 heavy (non-hydrogen) atoms. The topological polar surface area (TPSA) is 38.7 Å². The SMILES string of the molecule is CCCNCC(O)CN1CCC(CN(C)C)CC1. The molecule has 1 unspecified atom stereocenters. The van der Waals surface area contributed by atoms with Crippen LogP contribution in [0.3, 0.4) is 0 Å². The van der Waals surface area contributed by atoms with Crippen LogP contribution in [-0.2, 0) is 0 Å². The third-order valence-electron chi connectivity index (χ3n) is 3.61. The van der Waals surface area contributed by atoms with Gasteiger partial charge < -0.3 is 20.2 Å². The standard InChI is InChI=1S/C14H31N3O/c1-4-7-15-10-14(18)12-17-8-5-13(6-9-17)11-16(2)3/h13-15,18H,4-12H2,1-3H3. The van der Waals surface area contributed by atoms with Crippen molar-refractivity contribution in [2.24, 2.45) is 5.92 Å². The summed E-state index contributed by atoms with van der Waals surface area (Å²) in [4.78, 5) is 4.69. The fourth-order valence-electron chi connectivity index (χ4n) is 2.68. The van der Waals surface area contributed by atoms with Crippen molar-refractivity contribution in [3.05, 3.63) is 0 Å². The Morgan fingerprint density at radius 1 is 1.33 bits per heavy atom. The van der Waals surface area contributed by atoms with Crippen LogP contribution in [0, 0.1) is 5.92 Å². The molecule has 1 fully saturated rings. The van der Waals surface area contributed by atoms with E-state index in [-0.39, 0.29) is 6.10 Å². The first-order valence-electron chi connectivity index (χ1n) is 7.37. The third-order valence-corrected chi connectivity index (χ3v) is 3.61. The van der Waals surface area contributed by atoms with Gasteiger partial charge in [-0.25, -0.2) is 0 Å². The van der Waals surface area contributed by atoms with Crippen molar-refractivity contribution >= 4 is 0 Å². The highest BCUT2D eigenvalue weighted by Gasteiger charge is 2.21. The number of β-amino-alcohol motifs (C(OH)–C–C–N with tert-alkyl or cyclic N) is 1. The summed E-state index contributed by atoms with van der Waals surface area (Å²) in [6, 6.07) is 0. The van der Waals surface area contributed by atoms with Crippen molar-refractivity contribution in [3.8, 4) is 0 Å². The highest BCUT2D eigenvalue weighted by Crippen LogP contribution is 2.17. The summed E-state index contributed by atoms with van der Waals surface area (Å²) < 4.78 is 0. The van der Waals surface area contributed by atoms with Crippen LogP contribution < -0.4 is 5.32 Å². The molecule has 1 aliphatic heterocycles. The first-order chi connectivity index (χ1) is 8.61. The van der Waals surface area contributed by atoms with E-state index in [1.165, 1.54) is 19.4 Å². The molecule has 4 nitrogen and oxygen atoms in total. The van der Waals surface area contributed by atoms with Crippen LogP contribution >= 0.6 is 0 Å². The molecule has 0 amide bonds. The van der Waals surface area contributed by atoms with E-state index in [9.17, 15) is 5.11 Å². The van der Waals surface area contributed by atoms with Crippen LogP contribution in [-0.4, -0.2) is 74.4 Å². The summed E-state index contributed by atoms with van der Waals surface area (Å²) in [5.74, 6) is 0.839. The fraction of sp³-hybridized carbons (Fsp3) is 1.00. The lowest BCUT2D eigenvalue weighted by Crippen LogP contribution is -2.43. The van der Waals surface area contributed by atoms with E-state index in [2.05, 4.69) is 36.1 Å². The zero-order valence-corrected chi connectivity index (χ0v) is 12.4. The first-order valence-corrected chi connectivity index (χ1v) is 7.37. The number of hydrogen-bond donors (Lipinski definition) is 2. The predicted octanol–water partition coefficient (Wildman–Crippen LogP) is 0.621. The average molecular weight is 257 g/mol. The lowest BCUT2D eigenvalue weighted by Gasteiger charge is -2.34. The van der Waals surface area contributed by atoms with Crippen LogP contribution in [0.4, 0.5) is 0 Å². The number of nitrogens with zero attached hydrogens (tertiary/aromatic N) is 2. The molecule has 0 saturated carbocycles. The third kappa shape index (κ3) is 6.69. The van der Waals surface area contributed by atoms with Crippen molar-refractivity contribution in [1.29, 1.82) is 0 Å². The Kier molecular flexibility index (Phi) is 7.82. The van der Waals surface area contributed by atoms with Gasteiger partial charge in [0.2, 0.25) is 0 Å². The summed E-state index contributed by atoms with van der Waals surface area (Å²) >= 11 is 0. The van der Waals surface area contributed by atoms with Gasteiger partial charge in [-0.2, -0.15) is 0 Å². The van der Waals surface area contributed by atoms with Crippen molar-refractivity contribution in [2.75, 3.05) is 53.4 Å². The van der Waals surface area contributed by atoms with Crippen molar-refractivity contribution in [2.45, 2.75) is 32.3 Å². The van der Waals surface area contributed by atoms with Gasteiger partial charge in [-0.05, 0) is 58.9 Å². The van der Waals surface area contributed by atoms with E-state index in [1.54, 1.807) is 0 Å². The van der Waals surface area contributed by atoms with Gasteiger partial charge in [0.1, 0.15) is 0 Å². The van der Waals surface area contributed by atoms with Gasteiger partial charge in [-0.3, -0.25) is 0 Å². The van der Waals surface area contributed by atoms with Crippen LogP contribution in [0.1, 0.15) is 26.2 Å². The number of rotatable bonds is 8. The van der Waals surface area contributed by atoms with Gasteiger partial charge in [0, 0.05) is 19.6 Å². The first kappa shape index (κ1) is 15.9. The van der Waals surface area contributed by atoms with Gasteiger partial charge in [-0.1, -0.05) is 6.92 Å². The highest BCUT2D eigenvalue weighted by molar-refractivity contribution is 4.76. The number of aliphatic hydroxyl groups excluding tert-OH is 1. The largest absolute Gasteiger partial charge is 0.390 e. The molecule has 0 bridgehead atoms. The molecule has 0 spiro atoms. The maximum atomic E-state index is 9.93. The van der Waals surface area contributed by atoms with E-state index in [4.69, 9.17) is 0 Å². The van der Waals surface area contributed by atoms with Gasteiger partial charge in [0.05, 0.1) is 6.10 Å². The molecule has 0 aromatic rings. The van der Waals surface area contributed by atoms with Crippen molar-refractivity contribution in [3.63, 3.8) is 0 Å². The van der Waals surface area contributed by atoms with E-state index in [0.717, 1.165) is 45.1 Å². The summed E-state index contributed by atoms with van der Waals surface area (Å²) in [5.41, 5.74) is 0. The molecular formula is C14H31N3O. The van der Waals surface area contributed by atoms with Crippen LogP contribution in [0.5, 0.6) is 0 Å². The maximum Gasteiger partial charge on any atom is 0.0791 e. The number of aliphatic hydroxyl groups is 1. The second kappa shape index (κ2) is 8.86. The molecule has 1 rings (SSSR count). The second-order valence-corrected chi connectivity index (χ2v) is 5.86. The molecule has 0 aromatic heterocycles. The highest BCUT2D eigenvalue weighted by atomic mass is 16.3. The number of piperidine rings is 1. The minimum Gasteiger partial charge on any atom is -0.390 e. The Morgan fingerprint density at radius 2 is 2.00 bits per heavy atom. The molecule has 1 atom stereocenters. The van der Waals surface area contributed by atoms with E-state index in [1.807, 2.05) is 0 Å². The van der Waals surface area contributed by atoms with Crippen molar-refractivity contribution < 1.29 is 5.11 Å². The molecule has 4 heteroatoms. The van der Waals surface area contributed by atoms with E-state index >= 15 is 0 Å². The summed E-state index contributed by atoms with van der Waals surface area (Å²) in [5, 5.41) is 13.2. The quantitative estimate of drug-likeness (QED) is 0.625. The minimum atomic E-state index is -0.220. The zero-order chi connectivity index (χ0) is 13.4. The fourth-order valence-corrected chi connectivity index (χ4v) is 2.68. The summed E-state index contributed by atoms with van der Waals surface area (Å²) in [6.45, 7) is 8.19. The minimum absolute atomic E-state index is 0.220. The molecule has 0 aromatic carbocycles. The maximum absolute atomic E-state index is 9.93. The summed E-state index contributed by atoms with van der Waals surface area (Å²) in [7, 11) is 4.30. The van der Waals surface area contributed by atoms with Gasteiger partial charge in [0.15, 0.2) is 0 Å². The normalized spacial score (nSPS) is 20.5. The molecule has 108 valence electrons. The molecule has 1 aliphatic rings. The smallest absolute Gasteiger partial charge is 0.0791 e. The van der Waals surface area contributed by atoms with E-state index in [0.29, 0.717) is 0 Å². The molecule has 0 aliphatic carbocycles. The number of hydrogen-bond acceptors (Lipinski definition) is 4. The number of nitrogens with one attached hydrogen (secondary N) is 1. The molecular weight excluding hydrogens is 226 g/mol. The van der Waals surface area contributed by atoms with Crippen LogP contribution in [0.2, 0.25) is 0 Å². The van der Waals surface area contributed by atoms with E-state index < -0.39 is 0 Å². The zero-order valence-electron chi connectivity index (χ0n) is 12.4. The second-order valence-electron chi connectivity index (χ2n) is 5.86. The van der Waals surface area contributed by atoms with Crippen molar-refractivity contribution in [1.82, 2.24) is 15.1 Å². The van der Waals surface area contributed by atoms with Gasteiger partial charge in [0.25, 0.3) is 0 Å². The van der Waals surface area contributed by atoms with Crippen LogP contribution in [0.15, 0.2) is 0 Å². The van der Waals surface area contributed by atoms with Gasteiger partial charge >= 0.3 is 0 Å². The Bertz CT molecular complexity index is 203. The Hall–Kier alpha value is -0.160. The van der Waals surface area contributed by atoms with Crippen LogP contribution in [0.25, 0.3) is 0 Å².